The number of aryl methyl sites for hydroxylation is 1. The molecule has 1 amide bonds. The first-order valence-electron chi connectivity index (χ1n) is 8.89. The molecule has 5 heteroatoms. The summed E-state index contributed by atoms with van der Waals surface area (Å²) in [5.74, 6) is 1.08. The quantitative estimate of drug-likeness (QED) is 0.908. The van der Waals surface area contributed by atoms with Crippen molar-refractivity contribution in [3.63, 3.8) is 0 Å². The molecule has 1 aromatic heterocycles. The van der Waals surface area contributed by atoms with Crippen LogP contribution in [0.4, 0.5) is 0 Å². The van der Waals surface area contributed by atoms with E-state index in [1.807, 2.05) is 17.0 Å². The fourth-order valence-corrected chi connectivity index (χ4v) is 4.22. The first kappa shape index (κ1) is 15.4. The third kappa shape index (κ3) is 2.63. The van der Waals surface area contributed by atoms with Gasteiger partial charge in [0.25, 0.3) is 5.91 Å². The minimum absolute atomic E-state index is 0.0526. The van der Waals surface area contributed by atoms with Crippen LogP contribution in [-0.4, -0.2) is 40.6 Å². The molecule has 0 aliphatic carbocycles. The summed E-state index contributed by atoms with van der Waals surface area (Å²) in [5, 5.41) is 10.8. The van der Waals surface area contributed by atoms with Crippen molar-refractivity contribution in [3.05, 3.63) is 53.3 Å². The maximum Gasteiger partial charge on any atom is 0.274 e. The average Bonchev–Trinajstić information content (AvgIpc) is 3.30. The van der Waals surface area contributed by atoms with Gasteiger partial charge in [0.15, 0.2) is 0 Å². The van der Waals surface area contributed by atoms with Gasteiger partial charge in [0.05, 0.1) is 6.04 Å². The van der Waals surface area contributed by atoms with E-state index >= 15 is 0 Å². The number of fused-ring (bicyclic) bond motifs is 1. The van der Waals surface area contributed by atoms with Crippen LogP contribution in [0.2, 0.25) is 0 Å². The number of hydrogen-bond donors (Lipinski definition) is 2. The minimum Gasteiger partial charge on any atom is -0.330 e. The van der Waals surface area contributed by atoms with Crippen LogP contribution in [0.25, 0.3) is 0 Å². The number of hydrogen-bond acceptors (Lipinski definition) is 3. The van der Waals surface area contributed by atoms with Crippen molar-refractivity contribution in [3.8, 4) is 0 Å². The maximum atomic E-state index is 13.1. The summed E-state index contributed by atoms with van der Waals surface area (Å²) in [6.45, 7) is 4.92. The van der Waals surface area contributed by atoms with Crippen molar-refractivity contribution >= 4 is 5.91 Å². The Kier molecular flexibility index (Phi) is 4.10. The van der Waals surface area contributed by atoms with Crippen LogP contribution >= 0.6 is 0 Å². The fourth-order valence-electron chi connectivity index (χ4n) is 4.22. The number of rotatable bonds is 4. The average molecular weight is 324 g/mol. The molecule has 0 bridgehead atoms. The van der Waals surface area contributed by atoms with Crippen LogP contribution in [0.15, 0.2) is 36.4 Å². The second-order valence-electron chi connectivity index (χ2n) is 6.92. The van der Waals surface area contributed by atoms with Crippen molar-refractivity contribution in [1.29, 1.82) is 0 Å². The second kappa shape index (κ2) is 6.40. The van der Waals surface area contributed by atoms with Gasteiger partial charge < -0.3 is 10.2 Å². The SMILES string of the molecule is CCCc1cc(C(=O)N2C[C@@H]3CNC[C@@H]3[C@H]2c2ccccc2)n[nH]1. The molecule has 0 spiro atoms. The zero-order valence-corrected chi connectivity index (χ0v) is 14.0. The number of benzene rings is 1. The first-order chi connectivity index (χ1) is 11.8. The van der Waals surface area contributed by atoms with Crippen LogP contribution in [0.5, 0.6) is 0 Å². The molecule has 5 nitrogen and oxygen atoms in total. The maximum absolute atomic E-state index is 13.1. The van der Waals surface area contributed by atoms with Gasteiger partial charge in [-0.1, -0.05) is 43.7 Å². The molecule has 4 rings (SSSR count). The van der Waals surface area contributed by atoms with E-state index < -0.39 is 0 Å². The highest BCUT2D eigenvalue weighted by Crippen LogP contribution is 2.43. The Morgan fingerprint density at radius 2 is 2.12 bits per heavy atom. The van der Waals surface area contributed by atoms with Gasteiger partial charge in [0, 0.05) is 31.2 Å². The smallest absolute Gasteiger partial charge is 0.274 e. The van der Waals surface area contributed by atoms with E-state index in [1.54, 1.807) is 0 Å². The van der Waals surface area contributed by atoms with Crippen molar-refractivity contribution in [2.45, 2.75) is 25.8 Å². The number of nitrogens with zero attached hydrogens (tertiary/aromatic N) is 2. The van der Waals surface area contributed by atoms with Gasteiger partial charge in [0.1, 0.15) is 5.69 Å². The largest absolute Gasteiger partial charge is 0.330 e. The normalized spacial score (nSPS) is 25.9. The lowest BCUT2D eigenvalue weighted by molar-refractivity contribution is 0.0708. The van der Waals surface area contributed by atoms with Crippen LogP contribution in [0.3, 0.4) is 0 Å². The Morgan fingerprint density at radius 1 is 1.29 bits per heavy atom. The molecule has 2 fully saturated rings. The Balaban J connectivity index is 1.63. The monoisotopic (exact) mass is 324 g/mol. The van der Waals surface area contributed by atoms with Crippen LogP contribution in [0.1, 0.15) is 41.1 Å². The summed E-state index contributed by atoms with van der Waals surface area (Å²) >= 11 is 0. The molecule has 2 aliphatic heterocycles. The summed E-state index contributed by atoms with van der Waals surface area (Å²) in [7, 11) is 0. The van der Waals surface area contributed by atoms with Crippen molar-refractivity contribution in [1.82, 2.24) is 20.4 Å². The Morgan fingerprint density at radius 3 is 2.92 bits per heavy atom. The molecule has 2 aromatic rings. The molecule has 2 saturated heterocycles. The summed E-state index contributed by atoms with van der Waals surface area (Å²) in [5.41, 5.74) is 2.82. The van der Waals surface area contributed by atoms with Crippen LogP contribution in [-0.2, 0) is 6.42 Å². The van der Waals surface area contributed by atoms with E-state index in [2.05, 4.69) is 46.7 Å². The summed E-state index contributed by atoms with van der Waals surface area (Å²) in [6, 6.07) is 12.5. The number of nitrogens with one attached hydrogen (secondary N) is 2. The van der Waals surface area contributed by atoms with Gasteiger partial charge in [-0.25, -0.2) is 0 Å². The van der Waals surface area contributed by atoms with Gasteiger partial charge in [-0.05, 0) is 24.0 Å². The standard InChI is InChI=1S/C19H24N4O/c1-2-6-15-9-17(22-21-15)19(24)23-12-14-10-20-11-16(14)18(23)13-7-4-3-5-8-13/h3-5,7-9,14,16,18,20H,2,6,10-12H2,1H3,(H,21,22)/t14-,16-,18+/m0/s1. The highest BCUT2D eigenvalue weighted by atomic mass is 16.2. The molecular weight excluding hydrogens is 300 g/mol. The van der Waals surface area contributed by atoms with E-state index in [-0.39, 0.29) is 11.9 Å². The van der Waals surface area contributed by atoms with Crippen LogP contribution < -0.4 is 5.32 Å². The molecule has 3 heterocycles. The van der Waals surface area contributed by atoms with E-state index in [0.29, 0.717) is 17.5 Å². The molecule has 24 heavy (non-hydrogen) atoms. The summed E-state index contributed by atoms with van der Waals surface area (Å²) in [4.78, 5) is 15.1. The van der Waals surface area contributed by atoms with E-state index in [9.17, 15) is 4.79 Å². The van der Waals surface area contributed by atoms with Gasteiger partial charge in [-0.15, -0.1) is 0 Å². The number of carbonyl (C=O) groups is 1. The third-order valence-electron chi connectivity index (χ3n) is 5.34. The molecule has 0 unspecified atom stereocenters. The number of amides is 1. The minimum atomic E-state index is 0.0526. The molecule has 0 saturated carbocycles. The second-order valence-corrected chi connectivity index (χ2v) is 6.92. The number of aromatic nitrogens is 2. The topological polar surface area (TPSA) is 61.0 Å². The van der Waals surface area contributed by atoms with Crippen LogP contribution in [0, 0.1) is 11.8 Å². The lowest BCUT2D eigenvalue weighted by Gasteiger charge is -2.27. The van der Waals surface area contributed by atoms with E-state index in [1.165, 1.54) is 5.56 Å². The molecule has 2 N–H and O–H groups in total. The highest BCUT2D eigenvalue weighted by Gasteiger charge is 2.47. The molecule has 0 radical (unpaired) electrons. The number of aromatic amines is 1. The highest BCUT2D eigenvalue weighted by molar-refractivity contribution is 5.93. The molecular formula is C19H24N4O. The Labute approximate surface area is 142 Å². The van der Waals surface area contributed by atoms with E-state index in [4.69, 9.17) is 0 Å². The first-order valence-corrected chi connectivity index (χ1v) is 8.89. The predicted octanol–water partition coefficient (Wildman–Crippen LogP) is 2.39. The summed E-state index contributed by atoms with van der Waals surface area (Å²) < 4.78 is 0. The van der Waals surface area contributed by atoms with Crippen molar-refractivity contribution in [2.75, 3.05) is 19.6 Å². The fraction of sp³-hybridized carbons (Fsp3) is 0.474. The third-order valence-corrected chi connectivity index (χ3v) is 5.34. The Hall–Kier alpha value is -2.14. The van der Waals surface area contributed by atoms with Gasteiger partial charge >= 0.3 is 0 Å². The lowest BCUT2D eigenvalue weighted by Crippen LogP contribution is -2.34. The molecule has 126 valence electrons. The predicted molar refractivity (Wildman–Crippen MR) is 92.7 cm³/mol. The number of likely N-dealkylation sites (tertiary alicyclic amines) is 1. The Bertz CT molecular complexity index is 711. The molecule has 3 atom stereocenters. The number of carbonyl (C=O) groups excluding carboxylic acids is 1. The number of H-pyrrole nitrogens is 1. The van der Waals surface area contributed by atoms with Gasteiger partial charge in [-0.3, -0.25) is 9.89 Å². The van der Waals surface area contributed by atoms with Gasteiger partial charge in [-0.2, -0.15) is 5.10 Å². The molecule has 2 aliphatic rings. The van der Waals surface area contributed by atoms with Crippen molar-refractivity contribution < 1.29 is 4.79 Å². The summed E-state index contributed by atoms with van der Waals surface area (Å²) in [6.07, 6.45) is 1.97. The zero-order valence-electron chi connectivity index (χ0n) is 14.0. The van der Waals surface area contributed by atoms with Gasteiger partial charge in [0.2, 0.25) is 0 Å². The molecule has 1 aromatic carbocycles. The van der Waals surface area contributed by atoms with E-state index in [0.717, 1.165) is 38.2 Å². The lowest BCUT2D eigenvalue weighted by atomic mass is 9.89. The van der Waals surface area contributed by atoms with Crippen molar-refractivity contribution in [2.24, 2.45) is 11.8 Å². The zero-order chi connectivity index (χ0) is 16.5.